The highest BCUT2D eigenvalue weighted by Gasteiger charge is 2.49. The highest BCUT2D eigenvalue weighted by atomic mass is 19.4. The Bertz CT molecular complexity index is 1190. The van der Waals surface area contributed by atoms with E-state index in [0.717, 1.165) is 5.56 Å². The Morgan fingerprint density at radius 1 is 1.06 bits per heavy atom. The fraction of sp³-hybridized carbons (Fsp3) is 0.556. The summed E-state index contributed by atoms with van der Waals surface area (Å²) in [6.07, 6.45) is -3.90. The molecule has 6 nitrogen and oxygen atoms in total. The smallest absolute Gasteiger partial charge is 0.456 e. The SMILES string of the molecule is COc1cc(C(=O)N2CCC3(CC2)NC(C)(C)Cn2c(C(=O)C(F)(F)F)ccc23)ccc1C(C)(C)C.[HH]. The number of hydrogen-bond acceptors (Lipinski definition) is 4. The Kier molecular flexibility index (Phi) is 6.30. The molecule has 4 rings (SSSR count). The van der Waals surface area contributed by atoms with Gasteiger partial charge >= 0.3 is 6.18 Å². The maximum Gasteiger partial charge on any atom is 0.456 e. The summed E-state index contributed by atoms with van der Waals surface area (Å²) in [5.74, 6) is -1.28. The molecule has 0 atom stereocenters. The number of methoxy groups -OCH3 is 1. The number of carbonyl (C=O) groups excluding carboxylic acids is 2. The molecule has 2 aliphatic heterocycles. The topological polar surface area (TPSA) is 63.6 Å². The molecular weight excluding hydrogens is 471 g/mol. The third kappa shape index (κ3) is 4.65. The predicted octanol–water partition coefficient (Wildman–Crippen LogP) is 5.30. The first kappa shape index (κ1) is 26.3. The highest BCUT2D eigenvalue weighted by molar-refractivity contribution is 5.99. The van der Waals surface area contributed by atoms with Crippen LogP contribution in [-0.2, 0) is 17.5 Å². The molecule has 1 spiro atoms. The Balaban J connectivity index is 0.00000380. The van der Waals surface area contributed by atoms with Crippen LogP contribution in [0.3, 0.4) is 0 Å². The van der Waals surface area contributed by atoms with Crippen LogP contribution in [0, 0.1) is 0 Å². The number of nitrogens with zero attached hydrogens (tertiary/aromatic N) is 2. The van der Waals surface area contributed by atoms with E-state index in [1.54, 1.807) is 24.1 Å². The van der Waals surface area contributed by atoms with Gasteiger partial charge in [-0.05, 0) is 61.9 Å². The normalized spacial score (nSPS) is 19.2. The van der Waals surface area contributed by atoms with Crippen LogP contribution in [0.1, 0.15) is 81.0 Å². The van der Waals surface area contributed by atoms with Gasteiger partial charge in [0.05, 0.1) is 18.3 Å². The molecule has 2 aromatic rings. The number of fused-ring (bicyclic) bond motifs is 2. The molecule has 9 heteroatoms. The summed E-state index contributed by atoms with van der Waals surface area (Å²) in [5, 5.41) is 3.63. The number of carbonyl (C=O) groups is 2. The van der Waals surface area contributed by atoms with Crippen molar-refractivity contribution in [3.05, 3.63) is 52.8 Å². The van der Waals surface area contributed by atoms with E-state index in [1.165, 1.54) is 10.6 Å². The second-order valence-corrected chi connectivity index (χ2v) is 11.6. The molecule has 0 bridgehead atoms. The van der Waals surface area contributed by atoms with Gasteiger partial charge in [-0.15, -0.1) is 0 Å². The Morgan fingerprint density at radius 3 is 2.25 bits per heavy atom. The molecule has 1 fully saturated rings. The largest absolute Gasteiger partial charge is 0.496 e. The summed E-state index contributed by atoms with van der Waals surface area (Å²) >= 11 is 0. The van der Waals surface area contributed by atoms with Crippen molar-refractivity contribution in [2.24, 2.45) is 0 Å². The number of piperidine rings is 1. The zero-order valence-corrected chi connectivity index (χ0v) is 21.7. The summed E-state index contributed by atoms with van der Waals surface area (Å²) < 4.78 is 46.7. The summed E-state index contributed by atoms with van der Waals surface area (Å²) in [5.41, 5.74) is 0.581. The summed E-state index contributed by atoms with van der Waals surface area (Å²) in [6, 6.07) is 8.41. The lowest BCUT2D eigenvalue weighted by atomic mass is 9.79. The van der Waals surface area contributed by atoms with Gasteiger partial charge in [-0.3, -0.25) is 14.9 Å². The molecule has 1 aromatic heterocycles. The van der Waals surface area contributed by atoms with Crippen LogP contribution in [0.25, 0.3) is 0 Å². The molecule has 198 valence electrons. The number of likely N-dealkylation sites (tertiary alicyclic amines) is 1. The van der Waals surface area contributed by atoms with Crippen molar-refractivity contribution < 1.29 is 28.9 Å². The van der Waals surface area contributed by atoms with E-state index in [1.807, 2.05) is 26.0 Å². The van der Waals surface area contributed by atoms with Crippen LogP contribution in [-0.4, -0.2) is 53.1 Å². The number of ketones is 1. The van der Waals surface area contributed by atoms with Crippen molar-refractivity contribution in [1.29, 1.82) is 0 Å². The van der Waals surface area contributed by atoms with E-state index >= 15 is 0 Å². The number of nitrogens with one attached hydrogen (secondary N) is 1. The molecule has 0 radical (unpaired) electrons. The lowest BCUT2D eigenvalue weighted by Gasteiger charge is -2.51. The minimum atomic E-state index is -4.93. The third-order valence-electron chi connectivity index (χ3n) is 7.25. The third-order valence-corrected chi connectivity index (χ3v) is 7.25. The molecular formula is C27H36F3N3O3. The van der Waals surface area contributed by atoms with Crippen LogP contribution >= 0.6 is 0 Å². The molecule has 0 aliphatic carbocycles. The van der Waals surface area contributed by atoms with Crippen molar-refractivity contribution in [2.75, 3.05) is 20.2 Å². The van der Waals surface area contributed by atoms with Gasteiger partial charge in [0, 0.05) is 37.9 Å². The van der Waals surface area contributed by atoms with E-state index in [2.05, 4.69) is 26.1 Å². The van der Waals surface area contributed by atoms with Gasteiger partial charge in [-0.1, -0.05) is 26.8 Å². The number of hydrogen-bond donors (Lipinski definition) is 1. The molecule has 2 aliphatic rings. The summed E-state index contributed by atoms with van der Waals surface area (Å²) in [4.78, 5) is 27.2. The van der Waals surface area contributed by atoms with E-state index in [4.69, 9.17) is 4.74 Å². The number of aromatic nitrogens is 1. The lowest BCUT2D eigenvalue weighted by molar-refractivity contribution is -0.0892. The second-order valence-electron chi connectivity index (χ2n) is 11.6. The number of Topliss-reactive ketones (excluding diaryl/α,β-unsaturated/α-hetero) is 1. The number of amides is 1. The van der Waals surface area contributed by atoms with Crippen molar-refractivity contribution in [2.45, 2.75) is 76.7 Å². The first-order chi connectivity index (χ1) is 16.6. The molecule has 1 amide bonds. The number of alkyl halides is 3. The summed E-state index contributed by atoms with van der Waals surface area (Å²) in [7, 11) is 1.59. The Hall–Kier alpha value is -2.81. The van der Waals surface area contributed by atoms with Gasteiger partial charge in [0.1, 0.15) is 5.75 Å². The maximum atomic E-state index is 13.4. The average Bonchev–Trinajstić information content (AvgIpc) is 3.20. The fourth-order valence-corrected chi connectivity index (χ4v) is 5.64. The molecule has 36 heavy (non-hydrogen) atoms. The number of rotatable bonds is 3. The standard InChI is InChI=1S/C27H34F3N3O3.H2/c1-24(2,3)18-8-7-17(15-20(18)36-6)23(35)32-13-11-26(12-14-32)21-10-9-19(22(34)27(28,29)30)33(21)16-25(4,5)31-26;/h7-10,15,31H,11-14,16H2,1-6H3;1H. The van der Waals surface area contributed by atoms with E-state index in [0.29, 0.717) is 42.9 Å². The molecule has 0 unspecified atom stereocenters. The summed E-state index contributed by atoms with van der Waals surface area (Å²) in [6.45, 7) is 11.2. The predicted molar refractivity (Wildman–Crippen MR) is 133 cm³/mol. The number of benzene rings is 1. The Labute approximate surface area is 211 Å². The van der Waals surface area contributed by atoms with Crippen molar-refractivity contribution >= 4 is 11.7 Å². The van der Waals surface area contributed by atoms with Gasteiger partial charge in [-0.25, -0.2) is 0 Å². The monoisotopic (exact) mass is 507 g/mol. The van der Waals surface area contributed by atoms with Crippen molar-refractivity contribution in [3.63, 3.8) is 0 Å². The minimum absolute atomic E-state index is 0. The molecule has 1 saturated heterocycles. The van der Waals surface area contributed by atoms with Gasteiger partial charge in [0.2, 0.25) is 0 Å². The molecule has 1 N–H and O–H groups in total. The van der Waals surface area contributed by atoms with Crippen LogP contribution in [0.4, 0.5) is 13.2 Å². The Morgan fingerprint density at radius 2 is 1.69 bits per heavy atom. The van der Waals surface area contributed by atoms with Crippen LogP contribution < -0.4 is 10.1 Å². The van der Waals surface area contributed by atoms with Crippen LogP contribution in [0.5, 0.6) is 5.75 Å². The van der Waals surface area contributed by atoms with Gasteiger partial charge in [0.25, 0.3) is 11.7 Å². The van der Waals surface area contributed by atoms with Crippen LogP contribution in [0.2, 0.25) is 0 Å². The maximum absolute atomic E-state index is 13.4. The van der Waals surface area contributed by atoms with Crippen molar-refractivity contribution in [1.82, 2.24) is 14.8 Å². The first-order valence-electron chi connectivity index (χ1n) is 12.2. The minimum Gasteiger partial charge on any atom is -0.496 e. The average molecular weight is 508 g/mol. The highest BCUT2D eigenvalue weighted by Crippen LogP contribution is 2.41. The molecule has 1 aromatic carbocycles. The van der Waals surface area contributed by atoms with Crippen LogP contribution in [0.15, 0.2) is 30.3 Å². The second kappa shape index (κ2) is 8.64. The first-order valence-corrected chi connectivity index (χ1v) is 12.2. The van der Waals surface area contributed by atoms with E-state index in [-0.39, 0.29) is 25.0 Å². The fourth-order valence-electron chi connectivity index (χ4n) is 5.64. The quantitative estimate of drug-likeness (QED) is 0.573. The van der Waals surface area contributed by atoms with Crippen molar-refractivity contribution in [3.8, 4) is 5.75 Å². The number of halogens is 3. The van der Waals surface area contributed by atoms with Gasteiger partial charge in [0.15, 0.2) is 0 Å². The van der Waals surface area contributed by atoms with E-state index in [9.17, 15) is 22.8 Å². The van der Waals surface area contributed by atoms with Gasteiger partial charge < -0.3 is 14.2 Å². The molecule has 0 saturated carbocycles. The lowest BCUT2D eigenvalue weighted by Crippen LogP contribution is -2.63. The molecule has 3 heterocycles. The van der Waals surface area contributed by atoms with E-state index < -0.39 is 23.0 Å². The van der Waals surface area contributed by atoms with Gasteiger partial charge in [-0.2, -0.15) is 13.2 Å². The number of ether oxygens (including phenoxy) is 1. The zero-order chi connectivity index (χ0) is 26.7. The zero-order valence-electron chi connectivity index (χ0n) is 21.7.